The van der Waals surface area contributed by atoms with E-state index in [0.29, 0.717) is 6.61 Å². The van der Waals surface area contributed by atoms with Gasteiger partial charge in [0.1, 0.15) is 0 Å². The first-order valence-corrected chi connectivity index (χ1v) is 3.34. The molecule has 0 aromatic heterocycles. The molecule has 0 radical (unpaired) electrons. The number of primary amides is 2. The van der Waals surface area contributed by atoms with Gasteiger partial charge in [-0.15, -0.1) is 0 Å². The van der Waals surface area contributed by atoms with Crippen molar-refractivity contribution < 1.29 is 19.1 Å². The Hall–Kier alpha value is -2.14. The molecule has 80 valence electrons. The summed E-state index contributed by atoms with van der Waals surface area (Å²) < 4.78 is 4.43. The molecule has 0 aliphatic rings. The third-order valence-electron chi connectivity index (χ3n) is 0.453. The van der Waals surface area contributed by atoms with Gasteiger partial charge >= 0.3 is 12.0 Å². The predicted molar refractivity (Wildman–Crippen MR) is 49.0 cm³/mol. The summed E-state index contributed by atoms with van der Waals surface area (Å²) >= 11 is 0. The number of esters is 1. The Bertz CT molecular complexity index is 205. The Kier molecular flexibility index (Phi) is 21.8. The summed E-state index contributed by atoms with van der Waals surface area (Å²) in [5, 5.41) is 5.40. The SMILES string of the molecule is C=CC(=O)OCC.N=C=O.NC(N)=O. The van der Waals surface area contributed by atoms with Crippen molar-refractivity contribution in [1.82, 2.24) is 0 Å². The molecule has 5 N–H and O–H groups in total. The number of rotatable bonds is 2. The lowest BCUT2D eigenvalue weighted by Gasteiger charge is -1.90. The first-order chi connectivity index (χ1) is 6.45. The number of isocyanates is 1. The smallest absolute Gasteiger partial charge is 0.330 e. The molecule has 0 aliphatic heterocycles. The van der Waals surface area contributed by atoms with E-state index in [4.69, 9.17) is 15.0 Å². The molecule has 0 rings (SSSR count). The van der Waals surface area contributed by atoms with Crippen LogP contribution in [0.4, 0.5) is 4.79 Å². The van der Waals surface area contributed by atoms with Gasteiger partial charge in [0.2, 0.25) is 6.08 Å². The molecule has 0 saturated heterocycles. The van der Waals surface area contributed by atoms with E-state index in [-0.39, 0.29) is 5.97 Å². The fourth-order valence-electron chi connectivity index (χ4n) is 0.201. The van der Waals surface area contributed by atoms with Crippen LogP contribution in [0.1, 0.15) is 6.92 Å². The molecule has 2 amide bonds. The second-order valence-corrected chi connectivity index (χ2v) is 1.46. The van der Waals surface area contributed by atoms with E-state index in [1.807, 2.05) is 0 Å². The van der Waals surface area contributed by atoms with E-state index >= 15 is 0 Å². The number of urea groups is 1. The van der Waals surface area contributed by atoms with Gasteiger partial charge in [-0.05, 0) is 6.92 Å². The predicted octanol–water partition coefficient (Wildman–Crippen LogP) is -0.340. The molecule has 7 heteroatoms. The Labute approximate surface area is 81.2 Å². The summed E-state index contributed by atoms with van der Waals surface area (Å²) in [4.78, 5) is 27.4. The highest BCUT2D eigenvalue weighted by molar-refractivity contribution is 5.81. The molecule has 0 saturated carbocycles. The minimum absolute atomic E-state index is 0.359. The molecule has 0 aliphatic carbocycles. The molecular weight excluding hydrogens is 190 g/mol. The highest BCUT2D eigenvalue weighted by atomic mass is 16.5. The monoisotopic (exact) mass is 203 g/mol. The van der Waals surface area contributed by atoms with E-state index in [2.05, 4.69) is 22.8 Å². The standard InChI is InChI=1S/C5H8O2.CH4N2O.CHNO/c1-3-5(6)7-4-2;2-1(3)4;2-1-3/h3H,1,4H2,2H3;(H4,2,3,4);2H. The molecule has 14 heavy (non-hydrogen) atoms. The highest BCUT2D eigenvalue weighted by Crippen LogP contribution is 1.74. The Morgan fingerprint density at radius 3 is 1.93 bits per heavy atom. The van der Waals surface area contributed by atoms with Gasteiger partial charge in [0.05, 0.1) is 6.61 Å². The van der Waals surface area contributed by atoms with Gasteiger partial charge in [-0.2, -0.15) is 0 Å². The van der Waals surface area contributed by atoms with Crippen molar-refractivity contribution in [1.29, 1.82) is 5.41 Å². The average molecular weight is 203 g/mol. The maximum atomic E-state index is 10.1. The number of hydrogen-bond acceptors (Lipinski definition) is 5. The molecule has 0 heterocycles. The summed E-state index contributed by atoms with van der Waals surface area (Å²) in [6.07, 6.45) is 1.89. The van der Waals surface area contributed by atoms with E-state index in [9.17, 15) is 4.79 Å². The lowest BCUT2D eigenvalue weighted by Crippen LogP contribution is -2.18. The lowest BCUT2D eigenvalue weighted by molar-refractivity contribution is -0.137. The van der Waals surface area contributed by atoms with Crippen LogP contribution in [0.2, 0.25) is 0 Å². The van der Waals surface area contributed by atoms with E-state index in [0.717, 1.165) is 12.2 Å². The summed E-state index contributed by atoms with van der Waals surface area (Å²) in [5.74, 6) is -0.359. The first-order valence-electron chi connectivity index (χ1n) is 3.34. The van der Waals surface area contributed by atoms with Crippen LogP contribution in [0.3, 0.4) is 0 Å². The van der Waals surface area contributed by atoms with Crippen molar-refractivity contribution in [2.75, 3.05) is 6.61 Å². The van der Waals surface area contributed by atoms with Crippen molar-refractivity contribution in [3.8, 4) is 0 Å². The zero-order chi connectivity index (χ0) is 12.0. The van der Waals surface area contributed by atoms with Gasteiger partial charge in [0, 0.05) is 6.08 Å². The first kappa shape index (κ1) is 17.8. The van der Waals surface area contributed by atoms with Crippen molar-refractivity contribution >= 4 is 18.1 Å². The van der Waals surface area contributed by atoms with Gasteiger partial charge in [-0.3, -0.25) is 0 Å². The van der Waals surface area contributed by atoms with Gasteiger partial charge < -0.3 is 16.2 Å². The summed E-state index contributed by atoms with van der Waals surface area (Å²) in [7, 11) is 0. The van der Waals surface area contributed by atoms with E-state index in [1.165, 1.54) is 0 Å². The second kappa shape index (κ2) is 17.1. The van der Waals surface area contributed by atoms with Crippen LogP contribution < -0.4 is 11.5 Å². The minimum atomic E-state index is -0.833. The molecular formula is C7H13N3O4. The summed E-state index contributed by atoms with van der Waals surface area (Å²) in [6, 6.07) is -0.833. The normalized spacial score (nSPS) is 6.07. The zero-order valence-corrected chi connectivity index (χ0v) is 7.78. The Morgan fingerprint density at radius 2 is 1.86 bits per heavy atom. The third kappa shape index (κ3) is 94.6. The maximum absolute atomic E-state index is 10.1. The number of nitrogens with one attached hydrogen (secondary N) is 1. The van der Waals surface area contributed by atoms with Crippen molar-refractivity contribution in [3.63, 3.8) is 0 Å². The van der Waals surface area contributed by atoms with Crippen molar-refractivity contribution in [3.05, 3.63) is 12.7 Å². The topological polar surface area (TPSA) is 136 Å². The van der Waals surface area contributed by atoms with E-state index < -0.39 is 6.03 Å². The number of carbonyl (C=O) groups excluding carboxylic acids is 3. The van der Waals surface area contributed by atoms with Crippen LogP contribution in [-0.4, -0.2) is 24.7 Å². The number of nitrogens with two attached hydrogens (primary N) is 2. The largest absolute Gasteiger partial charge is 0.463 e. The minimum Gasteiger partial charge on any atom is -0.463 e. The van der Waals surface area contributed by atoms with Gasteiger partial charge in [0.25, 0.3) is 0 Å². The molecule has 0 atom stereocenters. The Balaban J connectivity index is -0.000000147. The number of amides is 2. The van der Waals surface area contributed by atoms with Crippen LogP contribution in [-0.2, 0) is 14.3 Å². The van der Waals surface area contributed by atoms with Gasteiger partial charge in [0.15, 0.2) is 0 Å². The fraction of sp³-hybridized carbons (Fsp3) is 0.286. The Morgan fingerprint density at radius 1 is 1.57 bits per heavy atom. The number of carbonyl (C=O) groups is 2. The highest BCUT2D eigenvalue weighted by Gasteiger charge is 1.86. The van der Waals surface area contributed by atoms with Gasteiger partial charge in [-0.1, -0.05) is 6.58 Å². The lowest BCUT2D eigenvalue weighted by atomic mass is 10.6. The molecule has 0 aromatic rings. The number of hydrogen-bond donors (Lipinski definition) is 3. The van der Waals surface area contributed by atoms with Crippen LogP contribution in [0.5, 0.6) is 0 Å². The third-order valence-corrected chi connectivity index (χ3v) is 0.453. The molecule has 0 spiro atoms. The molecule has 0 unspecified atom stereocenters. The van der Waals surface area contributed by atoms with E-state index in [1.54, 1.807) is 6.92 Å². The van der Waals surface area contributed by atoms with Crippen LogP contribution in [0, 0.1) is 5.41 Å². The van der Waals surface area contributed by atoms with Crippen LogP contribution >= 0.6 is 0 Å². The zero-order valence-electron chi connectivity index (χ0n) is 7.78. The second-order valence-electron chi connectivity index (χ2n) is 1.46. The van der Waals surface area contributed by atoms with Crippen molar-refractivity contribution in [2.24, 2.45) is 11.5 Å². The summed E-state index contributed by atoms with van der Waals surface area (Å²) in [5.41, 5.74) is 8.50. The fourth-order valence-corrected chi connectivity index (χ4v) is 0.201. The quantitative estimate of drug-likeness (QED) is 0.244. The van der Waals surface area contributed by atoms with Gasteiger partial charge in [-0.25, -0.2) is 19.8 Å². The molecule has 0 bridgehead atoms. The summed E-state index contributed by atoms with van der Waals surface area (Å²) in [6.45, 7) is 5.38. The van der Waals surface area contributed by atoms with Crippen LogP contribution in [0.25, 0.3) is 0 Å². The van der Waals surface area contributed by atoms with Crippen LogP contribution in [0.15, 0.2) is 12.7 Å². The maximum Gasteiger partial charge on any atom is 0.330 e. The molecule has 0 aromatic carbocycles. The molecule has 0 fully saturated rings. The molecule has 7 nitrogen and oxygen atoms in total. The van der Waals surface area contributed by atoms with Crippen molar-refractivity contribution in [2.45, 2.75) is 6.92 Å². The average Bonchev–Trinajstić information content (AvgIpc) is 2.05. The number of ether oxygens (including phenoxy) is 1.